The predicted molar refractivity (Wildman–Crippen MR) is 82.5 cm³/mol. The van der Waals surface area contributed by atoms with Gasteiger partial charge in [-0.3, -0.25) is 4.79 Å². The predicted octanol–water partition coefficient (Wildman–Crippen LogP) is 1.97. The van der Waals surface area contributed by atoms with Gasteiger partial charge in [-0.25, -0.2) is 4.98 Å². The molecule has 1 aromatic heterocycles. The lowest BCUT2D eigenvalue weighted by Gasteiger charge is -2.27. The molecule has 1 fully saturated rings. The minimum atomic E-state index is -0.234. The third kappa shape index (κ3) is 2.95. The molecule has 0 amide bonds. The molecule has 2 aromatic rings. The second-order valence-electron chi connectivity index (χ2n) is 5.67. The molecule has 1 aliphatic carbocycles. The van der Waals surface area contributed by atoms with Gasteiger partial charge in [-0.1, -0.05) is 24.4 Å². The Labute approximate surface area is 127 Å². The van der Waals surface area contributed by atoms with Gasteiger partial charge in [0.25, 0.3) is 5.56 Å². The molecule has 0 radical (unpaired) electrons. The van der Waals surface area contributed by atoms with Crippen LogP contribution in [-0.2, 0) is 6.54 Å². The number of benzene rings is 1. The Balaban J connectivity index is 1.85. The number of fused-ring (bicyclic) bond motifs is 1. The normalized spacial score (nSPS) is 17.4. The van der Waals surface area contributed by atoms with Gasteiger partial charge in [0.05, 0.1) is 24.1 Å². The average Bonchev–Trinajstić information content (AvgIpc) is 2.94. The number of H-pyrrole nitrogens is 1. The van der Waals surface area contributed by atoms with Gasteiger partial charge in [-0.2, -0.15) is 0 Å². The van der Waals surface area contributed by atoms with Crippen molar-refractivity contribution < 1.29 is 5.11 Å². The van der Waals surface area contributed by atoms with Crippen LogP contribution in [0.5, 0.6) is 0 Å². The van der Waals surface area contributed by atoms with Gasteiger partial charge in [-0.05, 0) is 31.0 Å². The molecule has 3 rings (SSSR count). The minimum Gasteiger partial charge on any atom is -0.394 e. The number of aliphatic hydroxyl groups excluding tert-OH is 1. The molecule has 1 saturated carbocycles. The maximum Gasteiger partial charge on any atom is 0.258 e. The van der Waals surface area contributed by atoms with Crippen LogP contribution < -0.4 is 10.9 Å². The molecule has 1 aromatic carbocycles. The number of halogens is 1. The van der Waals surface area contributed by atoms with Crippen LogP contribution >= 0.6 is 11.6 Å². The Hall–Kier alpha value is -1.43. The van der Waals surface area contributed by atoms with Crippen molar-refractivity contribution in [2.45, 2.75) is 37.8 Å². The van der Waals surface area contributed by atoms with Crippen molar-refractivity contribution in [3.63, 3.8) is 0 Å². The molecule has 0 aliphatic heterocycles. The Morgan fingerprint density at radius 3 is 2.86 bits per heavy atom. The van der Waals surface area contributed by atoms with Gasteiger partial charge in [-0.15, -0.1) is 0 Å². The van der Waals surface area contributed by atoms with Crippen LogP contribution in [0.2, 0.25) is 5.02 Å². The summed E-state index contributed by atoms with van der Waals surface area (Å²) in [6.45, 7) is 0.537. The van der Waals surface area contributed by atoms with Crippen LogP contribution in [0.1, 0.15) is 31.5 Å². The number of aliphatic hydroxyl groups is 1. The van der Waals surface area contributed by atoms with Crippen LogP contribution in [0.15, 0.2) is 23.0 Å². The number of nitrogens with one attached hydrogen (secondary N) is 2. The zero-order valence-corrected chi connectivity index (χ0v) is 12.4. The summed E-state index contributed by atoms with van der Waals surface area (Å²) in [6.07, 6.45) is 4.13. The fraction of sp³-hybridized carbons (Fsp3) is 0.467. The van der Waals surface area contributed by atoms with E-state index in [-0.39, 0.29) is 17.7 Å². The second kappa shape index (κ2) is 5.75. The summed E-state index contributed by atoms with van der Waals surface area (Å²) < 4.78 is 0. The monoisotopic (exact) mass is 307 g/mol. The van der Waals surface area contributed by atoms with Crippen molar-refractivity contribution >= 4 is 22.5 Å². The van der Waals surface area contributed by atoms with E-state index >= 15 is 0 Å². The first kappa shape index (κ1) is 14.5. The average molecular weight is 308 g/mol. The summed E-state index contributed by atoms with van der Waals surface area (Å²) in [5.74, 6) is 0.564. The molecule has 3 N–H and O–H groups in total. The number of aromatic amines is 1. The van der Waals surface area contributed by atoms with Crippen molar-refractivity contribution in [1.82, 2.24) is 15.3 Å². The molecule has 0 spiro atoms. The SMILES string of the molecule is O=c1[nH]c(CNC2(CO)CCCC2)nc2cc(Cl)ccc12. The maximum absolute atomic E-state index is 12.0. The highest BCUT2D eigenvalue weighted by Gasteiger charge is 2.32. The highest BCUT2D eigenvalue weighted by molar-refractivity contribution is 6.31. The Bertz CT molecular complexity index is 708. The van der Waals surface area contributed by atoms with Crippen molar-refractivity contribution in [1.29, 1.82) is 0 Å². The fourth-order valence-electron chi connectivity index (χ4n) is 2.96. The zero-order chi connectivity index (χ0) is 14.9. The van der Waals surface area contributed by atoms with Crippen molar-refractivity contribution in [2.75, 3.05) is 6.61 Å². The highest BCUT2D eigenvalue weighted by Crippen LogP contribution is 2.29. The molecular weight excluding hydrogens is 290 g/mol. The van der Waals surface area contributed by atoms with E-state index < -0.39 is 0 Å². The van der Waals surface area contributed by atoms with Crippen molar-refractivity contribution in [2.24, 2.45) is 0 Å². The first-order valence-electron chi connectivity index (χ1n) is 7.16. The van der Waals surface area contributed by atoms with E-state index in [0.717, 1.165) is 25.7 Å². The summed E-state index contributed by atoms with van der Waals surface area (Å²) in [5.41, 5.74) is 0.187. The number of hydrogen-bond donors (Lipinski definition) is 3. The van der Waals surface area contributed by atoms with E-state index in [1.807, 2.05) is 0 Å². The van der Waals surface area contributed by atoms with Crippen LogP contribution in [0.4, 0.5) is 0 Å². The molecule has 21 heavy (non-hydrogen) atoms. The van der Waals surface area contributed by atoms with E-state index in [1.54, 1.807) is 18.2 Å². The smallest absolute Gasteiger partial charge is 0.258 e. The maximum atomic E-state index is 12.0. The van der Waals surface area contributed by atoms with Crippen LogP contribution in [0.25, 0.3) is 10.9 Å². The Morgan fingerprint density at radius 1 is 1.38 bits per heavy atom. The second-order valence-corrected chi connectivity index (χ2v) is 6.11. The topological polar surface area (TPSA) is 78.0 Å². The van der Waals surface area contributed by atoms with Crippen molar-refractivity contribution in [3.05, 3.63) is 39.4 Å². The third-order valence-electron chi connectivity index (χ3n) is 4.21. The van der Waals surface area contributed by atoms with E-state index in [1.165, 1.54) is 0 Å². The van der Waals surface area contributed by atoms with Gasteiger partial charge in [0.15, 0.2) is 0 Å². The summed E-state index contributed by atoms with van der Waals surface area (Å²) in [5, 5.41) is 14.0. The highest BCUT2D eigenvalue weighted by atomic mass is 35.5. The van der Waals surface area contributed by atoms with E-state index in [4.69, 9.17) is 11.6 Å². The standard InChI is InChI=1S/C15H18ClN3O2/c16-10-3-4-11-12(7-10)18-13(19-14(11)21)8-17-15(9-20)5-1-2-6-15/h3-4,7,17,20H,1-2,5-6,8-9H2,(H,18,19,21). The van der Waals surface area contributed by atoms with Gasteiger partial charge >= 0.3 is 0 Å². The number of rotatable bonds is 4. The molecule has 5 nitrogen and oxygen atoms in total. The zero-order valence-electron chi connectivity index (χ0n) is 11.7. The van der Waals surface area contributed by atoms with Gasteiger partial charge in [0, 0.05) is 10.6 Å². The Morgan fingerprint density at radius 2 is 2.14 bits per heavy atom. The first-order valence-corrected chi connectivity index (χ1v) is 7.54. The van der Waals surface area contributed by atoms with Crippen LogP contribution in [0, 0.1) is 0 Å². The summed E-state index contributed by atoms with van der Waals surface area (Å²) in [7, 11) is 0. The molecular formula is C15H18ClN3O2. The van der Waals surface area contributed by atoms with Gasteiger partial charge in [0.2, 0.25) is 0 Å². The molecule has 0 atom stereocenters. The quantitative estimate of drug-likeness (QED) is 0.807. The number of nitrogens with zero attached hydrogens (tertiary/aromatic N) is 1. The number of aromatic nitrogens is 2. The van der Waals surface area contributed by atoms with Gasteiger partial charge < -0.3 is 15.4 Å². The lowest BCUT2D eigenvalue weighted by Crippen LogP contribution is -2.46. The number of hydrogen-bond acceptors (Lipinski definition) is 4. The van der Waals surface area contributed by atoms with E-state index in [9.17, 15) is 9.90 Å². The molecule has 6 heteroatoms. The molecule has 0 bridgehead atoms. The molecule has 1 heterocycles. The van der Waals surface area contributed by atoms with Gasteiger partial charge in [0.1, 0.15) is 5.82 Å². The largest absolute Gasteiger partial charge is 0.394 e. The lowest BCUT2D eigenvalue weighted by atomic mass is 9.99. The molecule has 1 aliphatic rings. The summed E-state index contributed by atoms with van der Waals surface area (Å²) in [6, 6.07) is 5.04. The van der Waals surface area contributed by atoms with Crippen molar-refractivity contribution in [3.8, 4) is 0 Å². The Kier molecular flexibility index (Phi) is 3.97. The van der Waals surface area contributed by atoms with Crippen LogP contribution in [-0.4, -0.2) is 27.2 Å². The molecule has 0 unspecified atom stereocenters. The van der Waals surface area contributed by atoms with E-state index in [2.05, 4.69) is 15.3 Å². The van der Waals surface area contributed by atoms with E-state index in [0.29, 0.717) is 28.3 Å². The fourth-order valence-corrected chi connectivity index (χ4v) is 3.12. The summed E-state index contributed by atoms with van der Waals surface area (Å²) >= 11 is 5.95. The third-order valence-corrected chi connectivity index (χ3v) is 4.45. The van der Waals surface area contributed by atoms with Crippen LogP contribution in [0.3, 0.4) is 0 Å². The first-order chi connectivity index (χ1) is 10.1. The molecule has 112 valence electrons. The lowest BCUT2D eigenvalue weighted by molar-refractivity contribution is 0.162. The summed E-state index contributed by atoms with van der Waals surface area (Å²) in [4.78, 5) is 19.3. The minimum absolute atomic E-state index is 0.108. The molecule has 0 saturated heterocycles.